The second kappa shape index (κ2) is 22.6. The second-order valence-corrected chi connectivity index (χ2v) is 14.9. The number of carbonyl (C=O) groups is 2. The maximum absolute atomic E-state index is 11.8. The Kier molecular flexibility index (Phi) is 17.1. The van der Waals surface area contributed by atoms with Gasteiger partial charge in [0.05, 0.1) is 47.4 Å². The molecule has 2 heterocycles. The Bertz CT molecular complexity index is 2230. The summed E-state index contributed by atoms with van der Waals surface area (Å²) in [5, 5.41) is 11.6. The largest absolute Gasteiger partial charge is 0.465 e. The minimum absolute atomic E-state index is 0.344. The summed E-state index contributed by atoms with van der Waals surface area (Å²) in [5.41, 5.74) is 12.9. The van der Waals surface area contributed by atoms with E-state index in [4.69, 9.17) is 30.3 Å². The van der Waals surface area contributed by atoms with E-state index in [0.29, 0.717) is 45.5 Å². The van der Waals surface area contributed by atoms with Crippen LogP contribution in [0.2, 0.25) is 0 Å². The van der Waals surface area contributed by atoms with Crippen molar-refractivity contribution in [1.82, 2.24) is 19.9 Å². The number of fused-ring (bicyclic) bond motifs is 2. The first-order valence-electron chi connectivity index (χ1n) is 19.9. The highest BCUT2D eigenvalue weighted by atomic mass is 79.9. The maximum Gasteiger partial charge on any atom is 0.337 e. The lowest BCUT2D eigenvalue weighted by molar-refractivity contribution is 0.0592. The van der Waals surface area contributed by atoms with Gasteiger partial charge in [-0.15, -0.1) is 0 Å². The number of anilines is 1. The molecule has 0 unspecified atom stereocenters. The molecule has 2 aliphatic carbocycles. The third-order valence-electron chi connectivity index (χ3n) is 9.83. The number of methoxy groups -OCH3 is 2. The highest BCUT2D eigenvalue weighted by Crippen LogP contribution is 2.31. The van der Waals surface area contributed by atoms with E-state index in [0.717, 1.165) is 65.0 Å². The molecule has 0 amide bonds. The Morgan fingerprint density at radius 1 is 0.690 bits per heavy atom. The number of rotatable bonds is 8. The van der Waals surface area contributed by atoms with E-state index in [1.54, 1.807) is 30.3 Å². The molecule has 12 heteroatoms. The topological polar surface area (TPSA) is 162 Å². The van der Waals surface area contributed by atoms with Crippen molar-refractivity contribution in [2.24, 2.45) is 5.73 Å². The smallest absolute Gasteiger partial charge is 0.337 e. The van der Waals surface area contributed by atoms with Crippen LogP contribution in [0, 0.1) is 0 Å². The van der Waals surface area contributed by atoms with E-state index in [2.05, 4.69) is 38.1 Å². The SMILES string of the molecule is CCCCO.COC(=O)c1ccc2nc(-c3ccccc3)c(Br)nc2c1.COC(=O)c1ccc2nc(-c3ccccc3)c(NC3CCCC3)nc2c1.NC1CCCC1. The highest BCUT2D eigenvalue weighted by molar-refractivity contribution is 9.10. The van der Waals surface area contributed by atoms with Crippen molar-refractivity contribution >= 4 is 55.8 Å². The van der Waals surface area contributed by atoms with Gasteiger partial charge in [0.25, 0.3) is 0 Å². The predicted molar refractivity (Wildman–Crippen MR) is 235 cm³/mol. The van der Waals surface area contributed by atoms with Crippen LogP contribution in [0.3, 0.4) is 0 Å². The number of nitrogens with two attached hydrogens (primary N) is 1. The number of nitrogens with one attached hydrogen (secondary N) is 1. The number of esters is 2. The molecule has 11 nitrogen and oxygen atoms in total. The fourth-order valence-corrected chi connectivity index (χ4v) is 7.14. The number of aliphatic hydroxyl groups excluding tert-OH is 1. The summed E-state index contributed by atoms with van der Waals surface area (Å²) in [5.74, 6) is 0.0192. The van der Waals surface area contributed by atoms with Crippen LogP contribution in [0.5, 0.6) is 0 Å². The van der Waals surface area contributed by atoms with Crippen molar-refractivity contribution < 1.29 is 24.2 Å². The quantitative estimate of drug-likeness (QED) is 0.125. The number of unbranched alkanes of at least 4 members (excludes halogenated alkanes) is 1. The Morgan fingerprint density at radius 2 is 1.17 bits per heavy atom. The fraction of sp³-hybridized carbons (Fsp3) is 0.348. The lowest BCUT2D eigenvalue weighted by Gasteiger charge is -2.16. The zero-order valence-electron chi connectivity index (χ0n) is 33.5. The van der Waals surface area contributed by atoms with Gasteiger partial charge in [-0.1, -0.05) is 99.7 Å². The minimum Gasteiger partial charge on any atom is -0.465 e. The number of hydrogen-bond donors (Lipinski definition) is 3. The number of halogens is 1. The first-order valence-corrected chi connectivity index (χ1v) is 20.7. The summed E-state index contributed by atoms with van der Waals surface area (Å²) < 4.78 is 10.2. The summed E-state index contributed by atoms with van der Waals surface area (Å²) in [6, 6.07) is 31.3. The van der Waals surface area contributed by atoms with Gasteiger partial charge < -0.3 is 25.6 Å². The number of nitrogens with zero attached hydrogens (tertiary/aromatic N) is 4. The van der Waals surface area contributed by atoms with Crippen LogP contribution in [0.1, 0.15) is 91.8 Å². The predicted octanol–water partition coefficient (Wildman–Crippen LogP) is 9.95. The van der Waals surface area contributed by atoms with Gasteiger partial charge in [0.15, 0.2) is 5.82 Å². The van der Waals surface area contributed by atoms with Gasteiger partial charge in [-0.25, -0.2) is 29.5 Å². The average Bonchev–Trinajstić information content (AvgIpc) is 3.98. The lowest BCUT2D eigenvalue weighted by Crippen LogP contribution is -2.17. The molecule has 2 aromatic heterocycles. The lowest BCUT2D eigenvalue weighted by atomic mass is 10.1. The Hall–Kier alpha value is -5.30. The van der Waals surface area contributed by atoms with Crippen molar-refractivity contribution in [3.8, 4) is 22.5 Å². The maximum atomic E-state index is 11.8. The molecule has 0 aliphatic heterocycles. The van der Waals surface area contributed by atoms with Crippen molar-refractivity contribution in [1.29, 1.82) is 0 Å². The zero-order chi connectivity index (χ0) is 41.3. The van der Waals surface area contributed by atoms with Gasteiger partial charge in [0, 0.05) is 29.8 Å². The molecule has 6 aromatic rings. The molecule has 58 heavy (non-hydrogen) atoms. The van der Waals surface area contributed by atoms with Crippen LogP contribution in [-0.2, 0) is 9.47 Å². The molecule has 4 aromatic carbocycles. The Balaban J connectivity index is 0.000000178. The van der Waals surface area contributed by atoms with Crippen molar-refractivity contribution in [3.63, 3.8) is 0 Å². The summed E-state index contributed by atoms with van der Waals surface area (Å²) >= 11 is 3.44. The second-order valence-electron chi connectivity index (χ2n) is 14.2. The van der Waals surface area contributed by atoms with Gasteiger partial charge in [-0.3, -0.25) is 0 Å². The number of hydrogen-bond acceptors (Lipinski definition) is 11. The first kappa shape index (κ1) is 43.8. The van der Waals surface area contributed by atoms with E-state index in [9.17, 15) is 9.59 Å². The number of carbonyl (C=O) groups excluding carboxylic acids is 2. The van der Waals surface area contributed by atoms with Crippen LogP contribution in [0.4, 0.5) is 5.82 Å². The van der Waals surface area contributed by atoms with E-state index in [1.165, 1.54) is 52.7 Å². The summed E-state index contributed by atoms with van der Waals surface area (Å²) in [7, 11) is 2.73. The number of benzene rings is 4. The zero-order valence-corrected chi connectivity index (χ0v) is 35.1. The molecule has 8 rings (SSSR count). The molecule has 0 spiro atoms. The van der Waals surface area contributed by atoms with Crippen LogP contribution in [-0.4, -0.2) is 69.9 Å². The van der Waals surface area contributed by atoms with Crippen LogP contribution in [0.15, 0.2) is 102 Å². The highest BCUT2D eigenvalue weighted by Gasteiger charge is 2.20. The summed E-state index contributed by atoms with van der Waals surface area (Å²) in [6.45, 7) is 2.40. The van der Waals surface area contributed by atoms with Crippen molar-refractivity contribution in [3.05, 3.63) is 113 Å². The molecule has 2 saturated carbocycles. The number of ether oxygens (including phenoxy) is 2. The fourth-order valence-electron chi connectivity index (χ4n) is 6.63. The van der Waals surface area contributed by atoms with E-state index in [-0.39, 0.29) is 11.9 Å². The van der Waals surface area contributed by atoms with Crippen LogP contribution < -0.4 is 11.1 Å². The van der Waals surface area contributed by atoms with Crippen LogP contribution in [0.25, 0.3) is 44.6 Å². The third kappa shape index (κ3) is 12.3. The summed E-state index contributed by atoms with van der Waals surface area (Å²) in [6.07, 6.45) is 12.1. The molecule has 4 N–H and O–H groups in total. The minimum atomic E-state index is -0.387. The normalized spacial score (nSPS) is 13.7. The molecule has 0 saturated heterocycles. The van der Waals surface area contributed by atoms with Crippen molar-refractivity contribution in [2.75, 3.05) is 26.1 Å². The monoisotopic (exact) mass is 848 g/mol. The van der Waals surface area contributed by atoms with Crippen molar-refractivity contribution in [2.45, 2.75) is 83.2 Å². The van der Waals surface area contributed by atoms with Gasteiger partial charge in [0.2, 0.25) is 0 Å². The molecular formula is C46H53BrN6O5. The molecule has 0 bridgehead atoms. The first-order chi connectivity index (χ1) is 28.2. The van der Waals surface area contributed by atoms with E-state index >= 15 is 0 Å². The van der Waals surface area contributed by atoms with Crippen LogP contribution >= 0.6 is 15.9 Å². The molecule has 0 radical (unpaired) electrons. The van der Waals surface area contributed by atoms with Gasteiger partial charge in [0.1, 0.15) is 16.0 Å². The Morgan fingerprint density at radius 3 is 1.62 bits per heavy atom. The van der Waals surface area contributed by atoms with E-state index < -0.39 is 0 Å². The average molecular weight is 850 g/mol. The summed E-state index contributed by atoms with van der Waals surface area (Å²) in [4.78, 5) is 42.1. The van der Waals surface area contributed by atoms with Gasteiger partial charge in [-0.05, 0) is 84.4 Å². The molecule has 2 fully saturated rings. The molecular weight excluding hydrogens is 796 g/mol. The standard InChI is InChI=1S/C21H21N3O2.C16H11BrN2O2.C5H11N.C4H10O/c1-26-21(25)15-11-12-17-18(13-15)24-20(22-16-9-5-6-10-16)19(23-17)14-7-3-2-4-8-14;1-21-16(20)11-7-8-12-13(9-11)19-15(17)14(18-12)10-5-3-2-4-6-10;6-5-3-1-2-4-5;1-2-3-4-5/h2-4,7-8,11-13,16H,5-6,9-10H2,1H3,(H,22,24);2-9H,1H3;5H,1-4,6H2;5H,2-4H2,1H3. The molecule has 304 valence electrons. The van der Waals surface area contributed by atoms with Gasteiger partial charge in [-0.2, -0.15) is 0 Å². The number of aliphatic hydroxyl groups is 1. The molecule has 0 atom stereocenters. The van der Waals surface area contributed by atoms with Gasteiger partial charge >= 0.3 is 11.9 Å². The Labute approximate surface area is 349 Å². The number of aromatic nitrogens is 4. The van der Waals surface area contributed by atoms with E-state index in [1.807, 2.05) is 66.7 Å². The molecule has 2 aliphatic rings. The third-order valence-corrected chi connectivity index (χ3v) is 10.4.